The van der Waals surface area contributed by atoms with Gasteiger partial charge in [-0.1, -0.05) is 12.1 Å². The van der Waals surface area contributed by atoms with Crippen molar-refractivity contribution in [3.05, 3.63) is 70.9 Å². The molecule has 1 unspecified atom stereocenters. The van der Waals surface area contributed by atoms with Gasteiger partial charge in [0.05, 0.1) is 11.6 Å². The molecule has 1 aliphatic carbocycles. The Bertz CT molecular complexity index is 1520. The number of hydrogen-bond acceptors (Lipinski definition) is 7. The molecule has 9 nitrogen and oxygen atoms in total. The maximum atomic E-state index is 13.0. The van der Waals surface area contributed by atoms with Gasteiger partial charge in [0.15, 0.2) is 0 Å². The average molecular weight is 541 g/mol. The van der Waals surface area contributed by atoms with E-state index in [-0.39, 0.29) is 30.4 Å². The smallest absolute Gasteiger partial charge is 0.255 e. The number of aliphatic hydroxyl groups excluding tert-OH is 1. The molecule has 3 fully saturated rings. The Morgan fingerprint density at radius 1 is 1.02 bits per heavy atom. The predicted molar refractivity (Wildman–Crippen MR) is 147 cm³/mol. The largest absolute Gasteiger partial charge is 0.489 e. The van der Waals surface area contributed by atoms with E-state index in [2.05, 4.69) is 40.5 Å². The maximum absolute atomic E-state index is 13.0. The summed E-state index contributed by atoms with van der Waals surface area (Å²) in [6, 6.07) is 15.6. The number of nitrogens with zero attached hydrogens (tertiary/aromatic N) is 3. The molecule has 40 heavy (non-hydrogen) atoms. The summed E-state index contributed by atoms with van der Waals surface area (Å²) in [6.07, 6.45) is 3.00. The molecule has 7 rings (SSSR count). The first kappa shape index (κ1) is 25.2. The molecule has 4 aliphatic rings. The van der Waals surface area contributed by atoms with Crippen molar-refractivity contribution >= 4 is 28.6 Å². The molecule has 2 N–H and O–H groups in total. The average Bonchev–Trinajstić information content (AvgIpc) is 3.49. The fourth-order valence-electron chi connectivity index (χ4n) is 6.46. The number of carbonyl (C=O) groups excluding carboxylic acids is 3. The predicted octanol–water partition coefficient (Wildman–Crippen LogP) is 2.89. The van der Waals surface area contributed by atoms with Crippen LogP contribution in [0.25, 0.3) is 10.9 Å². The first-order chi connectivity index (χ1) is 19.4. The van der Waals surface area contributed by atoms with E-state index in [1.807, 2.05) is 12.1 Å². The zero-order valence-corrected chi connectivity index (χ0v) is 22.2. The number of imide groups is 1. The third-order valence-electron chi connectivity index (χ3n) is 8.74. The third kappa shape index (κ3) is 4.73. The molecule has 1 aromatic heterocycles. The summed E-state index contributed by atoms with van der Waals surface area (Å²) in [5.41, 5.74) is 4.75. The number of amides is 3. The molecule has 0 bridgehead atoms. The Hall–Kier alpha value is -3.82. The number of fused-ring (bicyclic) bond motifs is 2. The van der Waals surface area contributed by atoms with Crippen LogP contribution in [0.2, 0.25) is 0 Å². The van der Waals surface area contributed by atoms with Crippen LogP contribution >= 0.6 is 0 Å². The van der Waals surface area contributed by atoms with Crippen LogP contribution in [0.5, 0.6) is 5.75 Å². The number of aliphatic hydroxyl groups is 1. The van der Waals surface area contributed by atoms with Gasteiger partial charge in [0.25, 0.3) is 5.91 Å². The second-order valence-corrected chi connectivity index (χ2v) is 11.6. The molecular weight excluding hydrogens is 508 g/mol. The highest BCUT2D eigenvalue weighted by atomic mass is 16.5. The molecule has 2 atom stereocenters. The second kappa shape index (κ2) is 9.98. The van der Waals surface area contributed by atoms with Gasteiger partial charge in [0.1, 0.15) is 17.9 Å². The van der Waals surface area contributed by atoms with Crippen LogP contribution in [0.4, 0.5) is 0 Å². The minimum atomic E-state index is -0.616. The summed E-state index contributed by atoms with van der Waals surface area (Å²) < 4.78 is 6.33. The highest BCUT2D eigenvalue weighted by Gasteiger charge is 2.39. The number of carbonyl (C=O) groups is 3. The highest BCUT2D eigenvalue weighted by Crippen LogP contribution is 2.36. The van der Waals surface area contributed by atoms with Crippen molar-refractivity contribution in [3.63, 3.8) is 0 Å². The van der Waals surface area contributed by atoms with Crippen LogP contribution in [0.3, 0.4) is 0 Å². The van der Waals surface area contributed by atoms with Crippen LogP contribution in [0, 0.1) is 0 Å². The van der Waals surface area contributed by atoms with Gasteiger partial charge in [-0.25, -0.2) is 0 Å². The van der Waals surface area contributed by atoms with Crippen molar-refractivity contribution in [2.24, 2.45) is 0 Å². The summed E-state index contributed by atoms with van der Waals surface area (Å²) in [7, 11) is 0. The van der Waals surface area contributed by atoms with Crippen molar-refractivity contribution in [1.29, 1.82) is 0 Å². The topological polar surface area (TPSA) is 112 Å². The van der Waals surface area contributed by atoms with Gasteiger partial charge in [0.2, 0.25) is 11.8 Å². The van der Waals surface area contributed by atoms with E-state index in [1.54, 1.807) is 11.0 Å². The number of pyridine rings is 1. The number of rotatable bonds is 6. The van der Waals surface area contributed by atoms with E-state index in [4.69, 9.17) is 9.72 Å². The second-order valence-electron chi connectivity index (χ2n) is 11.6. The fraction of sp³-hybridized carbons (Fsp3) is 0.419. The highest BCUT2D eigenvalue weighted by molar-refractivity contribution is 6.05. The van der Waals surface area contributed by atoms with Crippen molar-refractivity contribution in [2.75, 3.05) is 13.1 Å². The standard InChI is InChI=1S/C31H32N4O5/c36-22-12-20(13-22)27-6-2-19-11-18(1-5-26(19)32-27)15-34-10-9-24(17-34)40-23-3-4-25-21(14-23)16-35(31(25)39)28-7-8-29(37)33-30(28)38/h1-6,11,14,20,22,24,28,36H,7-10,12-13,15-17H2,(H,33,37,38)/t20?,22?,24-,28?/m0/s1. The maximum Gasteiger partial charge on any atom is 0.255 e. The number of benzene rings is 2. The first-order valence-corrected chi connectivity index (χ1v) is 14.1. The minimum absolute atomic E-state index is 0.0592. The molecule has 3 amide bonds. The van der Waals surface area contributed by atoms with E-state index in [0.717, 1.165) is 66.8 Å². The van der Waals surface area contributed by atoms with Gasteiger partial charge >= 0.3 is 0 Å². The molecule has 1 saturated carbocycles. The zero-order chi connectivity index (χ0) is 27.4. The van der Waals surface area contributed by atoms with Gasteiger partial charge in [-0.2, -0.15) is 0 Å². The van der Waals surface area contributed by atoms with Crippen molar-refractivity contribution in [1.82, 2.24) is 20.1 Å². The third-order valence-corrected chi connectivity index (χ3v) is 8.74. The zero-order valence-electron chi connectivity index (χ0n) is 22.2. The Kier molecular flexibility index (Phi) is 6.28. The quantitative estimate of drug-likeness (QED) is 0.463. The summed E-state index contributed by atoms with van der Waals surface area (Å²) in [6.45, 7) is 2.94. The number of ether oxygens (including phenoxy) is 1. The Morgan fingerprint density at radius 3 is 2.73 bits per heavy atom. The summed E-state index contributed by atoms with van der Waals surface area (Å²) in [4.78, 5) is 45.6. The van der Waals surface area contributed by atoms with Crippen LogP contribution in [-0.2, 0) is 22.7 Å². The van der Waals surface area contributed by atoms with Crippen LogP contribution < -0.4 is 10.1 Å². The van der Waals surface area contributed by atoms with Crippen molar-refractivity contribution in [3.8, 4) is 5.75 Å². The van der Waals surface area contributed by atoms with E-state index < -0.39 is 11.9 Å². The lowest BCUT2D eigenvalue weighted by Crippen LogP contribution is -2.52. The molecule has 9 heteroatoms. The molecule has 2 saturated heterocycles. The lowest BCUT2D eigenvalue weighted by molar-refractivity contribution is -0.136. The van der Waals surface area contributed by atoms with Crippen LogP contribution in [0.15, 0.2) is 48.5 Å². The van der Waals surface area contributed by atoms with Gasteiger partial charge in [-0.3, -0.25) is 29.6 Å². The molecule has 3 aromatic rings. The number of hydrogen-bond donors (Lipinski definition) is 2. The normalized spacial score (nSPS) is 26.6. The molecule has 4 heterocycles. The lowest BCUT2D eigenvalue weighted by atomic mass is 9.80. The van der Waals surface area contributed by atoms with Gasteiger partial charge in [0, 0.05) is 55.2 Å². The molecule has 206 valence electrons. The fourth-order valence-corrected chi connectivity index (χ4v) is 6.46. The molecule has 2 aromatic carbocycles. The molecule has 0 spiro atoms. The summed E-state index contributed by atoms with van der Waals surface area (Å²) >= 11 is 0. The Labute approximate surface area is 232 Å². The van der Waals surface area contributed by atoms with Gasteiger partial charge < -0.3 is 14.7 Å². The molecule has 0 radical (unpaired) electrons. The lowest BCUT2D eigenvalue weighted by Gasteiger charge is -2.30. The summed E-state index contributed by atoms with van der Waals surface area (Å²) in [5.74, 6) is 0.240. The van der Waals surface area contributed by atoms with E-state index in [0.29, 0.717) is 24.4 Å². The van der Waals surface area contributed by atoms with E-state index in [9.17, 15) is 19.5 Å². The number of nitrogens with one attached hydrogen (secondary N) is 1. The van der Waals surface area contributed by atoms with Crippen molar-refractivity contribution < 1.29 is 24.2 Å². The van der Waals surface area contributed by atoms with E-state index >= 15 is 0 Å². The number of aromatic nitrogens is 1. The Morgan fingerprint density at radius 2 is 1.90 bits per heavy atom. The van der Waals surface area contributed by atoms with Gasteiger partial charge in [-0.15, -0.1) is 0 Å². The van der Waals surface area contributed by atoms with Gasteiger partial charge in [-0.05, 0) is 73.2 Å². The van der Waals surface area contributed by atoms with E-state index in [1.165, 1.54) is 5.56 Å². The van der Waals surface area contributed by atoms with Crippen LogP contribution in [-0.4, -0.2) is 69.0 Å². The Balaban J connectivity index is 0.961. The molecule has 3 aliphatic heterocycles. The SMILES string of the molecule is O=C1CCC(N2Cc3cc(O[C@H]4CCN(Cc5ccc6nc(C7CC(O)C7)ccc6c5)C4)ccc3C2=O)C(=O)N1. The van der Waals surface area contributed by atoms with Crippen molar-refractivity contribution in [2.45, 2.75) is 69.4 Å². The number of piperidine rings is 1. The van der Waals surface area contributed by atoms with Crippen LogP contribution in [0.1, 0.15) is 65.2 Å². The molecular formula is C31H32N4O5. The monoisotopic (exact) mass is 540 g/mol. The summed E-state index contributed by atoms with van der Waals surface area (Å²) in [5, 5.41) is 13.1. The first-order valence-electron chi connectivity index (χ1n) is 14.1. The minimum Gasteiger partial charge on any atom is -0.489 e. The number of likely N-dealkylation sites (tertiary alicyclic amines) is 1.